The van der Waals surface area contributed by atoms with Crippen LogP contribution in [0.3, 0.4) is 0 Å². The molecule has 6 rings (SSSR count). The van der Waals surface area contributed by atoms with Crippen LogP contribution in [0.4, 0.5) is 0 Å². The molecule has 3 aromatic carbocycles. The minimum atomic E-state index is -2.36. The number of benzene rings is 3. The van der Waals surface area contributed by atoms with Crippen LogP contribution in [-0.2, 0) is 5.28 Å². The third-order valence-electron chi connectivity index (χ3n) is 5.81. The van der Waals surface area contributed by atoms with E-state index in [0.29, 0.717) is 5.28 Å². The van der Waals surface area contributed by atoms with E-state index < -0.39 is 14.8 Å². The third-order valence-corrected chi connectivity index (χ3v) is 7.62. The summed E-state index contributed by atoms with van der Waals surface area (Å²) in [4.78, 5) is 13.8. The lowest BCUT2D eigenvalue weighted by Crippen LogP contribution is -2.33. The molecule has 0 saturated carbocycles. The van der Waals surface area contributed by atoms with Gasteiger partial charge in [0.25, 0.3) is 0 Å². The van der Waals surface area contributed by atoms with Crippen LogP contribution in [0.1, 0.15) is 5.56 Å². The van der Waals surface area contributed by atoms with E-state index in [9.17, 15) is 0 Å². The molecule has 162 valence electrons. The van der Waals surface area contributed by atoms with Crippen LogP contribution in [-0.4, -0.2) is 29.8 Å². The van der Waals surface area contributed by atoms with E-state index in [1.54, 1.807) is 12.4 Å². The summed E-state index contributed by atoms with van der Waals surface area (Å²) in [5.74, 6) is 1.47. The Bertz CT molecular complexity index is 1410. The Balaban J connectivity index is 1.42. The first-order chi connectivity index (χ1) is 16.8. The SMILES string of the molecule is c1cnc2c([CH2][Al]([O]c3cccc4cccnc34)[O]c3cccc4cccnc34)cccc2c1. The lowest BCUT2D eigenvalue weighted by Gasteiger charge is -2.19. The molecule has 0 aliphatic rings. The van der Waals surface area contributed by atoms with Crippen molar-refractivity contribution in [2.45, 2.75) is 5.28 Å². The molecule has 0 bridgehead atoms. The first-order valence-corrected chi connectivity index (χ1v) is 12.9. The van der Waals surface area contributed by atoms with Gasteiger partial charge < -0.3 is 7.58 Å². The highest BCUT2D eigenvalue weighted by Crippen LogP contribution is 2.28. The molecular weight excluding hydrogens is 437 g/mol. The number of nitrogens with zero attached hydrogens (tertiary/aromatic N) is 3. The van der Waals surface area contributed by atoms with E-state index in [1.165, 1.54) is 0 Å². The summed E-state index contributed by atoms with van der Waals surface area (Å²) in [6.07, 6.45) is 5.40. The van der Waals surface area contributed by atoms with Gasteiger partial charge in [-0.2, -0.15) is 0 Å². The molecule has 0 unspecified atom stereocenters. The van der Waals surface area contributed by atoms with Gasteiger partial charge in [0.15, 0.2) is 0 Å². The Morgan fingerprint density at radius 3 is 1.50 bits per heavy atom. The van der Waals surface area contributed by atoms with Crippen molar-refractivity contribution in [2.75, 3.05) is 0 Å². The molecule has 3 aromatic heterocycles. The van der Waals surface area contributed by atoms with Crippen molar-refractivity contribution in [1.29, 1.82) is 0 Å². The smallest absolute Gasteiger partial charge is 0.610 e. The highest BCUT2D eigenvalue weighted by Gasteiger charge is 2.35. The molecule has 0 atom stereocenters. The molecule has 0 saturated heterocycles. The highest BCUT2D eigenvalue weighted by molar-refractivity contribution is 6.46. The van der Waals surface area contributed by atoms with E-state index in [0.717, 1.165) is 49.8 Å². The summed E-state index contributed by atoms with van der Waals surface area (Å²) in [6, 6.07) is 30.2. The van der Waals surface area contributed by atoms with Crippen molar-refractivity contribution >= 4 is 47.5 Å². The van der Waals surface area contributed by atoms with Crippen molar-refractivity contribution in [3.05, 3.63) is 115 Å². The van der Waals surface area contributed by atoms with Gasteiger partial charge >= 0.3 is 14.8 Å². The van der Waals surface area contributed by atoms with E-state index in [1.807, 2.05) is 72.9 Å². The molecule has 0 amide bonds. The van der Waals surface area contributed by atoms with Crippen LogP contribution in [0.15, 0.2) is 110 Å². The standard InChI is InChI=1S/C10H8N.2C9H7NO.Al/c1-8-4-2-5-9-6-3-7-11-10(8)9;2*11-8-5-1-3-7-4-2-6-10-9(7)8;/h2-7H,1H2;2*1-6,11H;/q;;;+2/p-2. The monoisotopic (exact) mass is 457 g/mol. The zero-order valence-corrected chi connectivity index (χ0v) is 19.5. The van der Waals surface area contributed by atoms with Crippen LogP contribution < -0.4 is 7.58 Å². The van der Waals surface area contributed by atoms with Gasteiger partial charge in [-0.05, 0) is 35.9 Å². The molecule has 0 radical (unpaired) electrons. The molecule has 5 nitrogen and oxygen atoms in total. The van der Waals surface area contributed by atoms with Crippen molar-refractivity contribution in [2.24, 2.45) is 0 Å². The maximum absolute atomic E-state index is 6.63. The summed E-state index contributed by atoms with van der Waals surface area (Å²) in [5, 5.41) is 3.81. The highest BCUT2D eigenvalue weighted by atomic mass is 27.2. The zero-order chi connectivity index (χ0) is 22.7. The second-order valence-corrected chi connectivity index (χ2v) is 9.76. The Morgan fingerprint density at radius 2 is 0.941 bits per heavy atom. The van der Waals surface area contributed by atoms with Crippen molar-refractivity contribution < 1.29 is 7.58 Å². The topological polar surface area (TPSA) is 57.1 Å². The Kier molecular flexibility index (Phi) is 5.52. The maximum atomic E-state index is 6.63. The van der Waals surface area contributed by atoms with Crippen LogP contribution >= 0.6 is 0 Å². The molecule has 0 fully saturated rings. The van der Waals surface area contributed by atoms with Gasteiger partial charge in [0.1, 0.15) is 22.5 Å². The zero-order valence-electron chi connectivity index (χ0n) is 18.3. The summed E-state index contributed by atoms with van der Waals surface area (Å²) in [6.45, 7) is 0. The second-order valence-electron chi connectivity index (χ2n) is 8.02. The lowest BCUT2D eigenvalue weighted by molar-refractivity contribution is 0.425. The largest absolute Gasteiger partial charge is 0.861 e. The van der Waals surface area contributed by atoms with Crippen LogP contribution in [0.25, 0.3) is 32.7 Å². The third kappa shape index (κ3) is 4.06. The van der Waals surface area contributed by atoms with Gasteiger partial charge in [-0.3, -0.25) is 15.0 Å². The molecule has 0 N–H and O–H groups in total. The number of hydrogen-bond acceptors (Lipinski definition) is 5. The predicted molar refractivity (Wildman–Crippen MR) is 136 cm³/mol. The Hall–Kier alpha value is -3.98. The first-order valence-electron chi connectivity index (χ1n) is 11.2. The quantitative estimate of drug-likeness (QED) is 0.285. The summed E-state index contributed by atoms with van der Waals surface area (Å²) in [5.41, 5.74) is 3.74. The molecule has 3 heterocycles. The van der Waals surface area contributed by atoms with E-state index in [2.05, 4.69) is 39.2 Å². The predicted octanol–water partition coefficient (Wildman–Crippen LogP) is 6.06. The Morgan fingerprint density at radius 1 is 0.500 bits per heavy atom. The number of pyridine rings is 3. The molecule has 0 aliphatic heterocycles. The van der Waals surface area contributed by atoms with Crippen molar-refractivity contribution in [3.63, 3.8) is 0 Å². The van der Waals surface area contributed by atoms with Gasteiger partial charge in [-0.25, -0.2) is 0 Å². The minimum Gasteiger partial charge on any atom is -0.610 e. The fourth-order valence-electron chi connectivity index (χ4n) is 4.24. The van der Waals surface area contributed by atoms with E-state index in [4.69, 9.17) is 7.58 Å². The summed E-state index contributed by atoms with van der Waals surface area (Å²) >= 11 is -2.36. The number of aromatic nitrogens is 3. The van der Waals surface area contributed by atoms with Gasteiger partial charge in [0, 0.05) is 40.0 Å². The first kappa shape index (κ1) is 20.6. The van der Waals surface area contributed by atoms with Crippen LogP contribution in [0.5, 0.6) is 11.5 Å². The fraction of sp³-hybridized carbons (Fsp3) is 0.0357. The average molecular weight is 457 g/mol. The van der Waals surface area contributed by atoms with E-state index in [-0.39, 0.29) is 0 Å². The van der Waals surface area contributed by atoms with Gasteiger partial charge in [-0.15, -0.1) is 0 Å². The normalized spacial score (nSPS) is 11.1. The van der Waals surface area contributed by atoms with Crippen molar-refractivity contribution in [3.8, 4) is 11.5 Å². The molecule has 6 heteroatoms. The van der Waals surface area contributed by atoms with Crippen molar-refractivity contribution in [1.82, 2.24) is 15.0 Å². The molecule has 6 aromatic rings. The molecular formula is C28H20AlN3O2. The average Bonchev–Trinajstić information content (AvgIpc) is 2.89. The maximum Gasteiger partial charge on any atom is 0.861 e. The van der Waals surface area contributed by atoms with Gasteiger partial charge in [0.2, 0.25) is 0 Å². The molecule has 34 heavy (non-hydrogen) atoms. The number of fused-ring (bicyclic) bond motifs is 3. The summed E-state index contributed by atoms with van der Waals surface area (Å²) in [7, 11) is 0. The van der Waals surface area contributed by atoms with E-state index >= 15 is 0 Å². The molecule has 0 spiro atoms. The van der Waals surface area contributed by atoms with Gasteiger partial charge in [-0.1, -0.05) is 60.7 Å². The number of rotatable bonds is 6. The number of para-hydroxylation sites is 3. The van der Waals surface area contributed by atoms with Gasteiger partial charge in [0.05, 0.1) is 5.52 Å². The number of hydrogen-bond donors (Lipinski definition) is 0. The lowest BCUT2D eigenvalue weighted by atomic mass is 10.1. The second kappa shape index (κ2) is 9.11. The van der Waals surface area contributed by atoms with Crippen LogP contribution in [0.2, 0.25) is 0 Å². The molecule has 0 aliphatic carbocycles. The summed E-state index contributed by atoms with van der Waals surface area (Å²) < 4.78 is 13.3. The fourth-order valence-corrected chi connectivity index (χ4v) is 6.10. The minimum absolute atomic E-state index is 0.640. The Labute approximate surface area is 201 Å². The van der Waals surface area contributed by atoms with Crippen LogP contribution in [0, 0.1) is 0 Å².